The Balaban J connectivity index is 2.45. The normalized spacial score (nSPS) is 20.8. The highest BCUT2D eigenvalue weighted by atomic mass is 32.2. The van der Waals surface area contributed by atoms with Gasteiger partial charge in [-0.25, -0.2) is 0 Å². The summed E-state index contributed by atoms with van der Waals surface area (Å²) in [6.07, 6.45) is 6.48. The van der Waals surface area contributed by atoms with Gasteiger partial charge in [0.05, 0.1) is 0 Å². The summed E-state index contributed by atoms with van der Waals surface area (Å²) in [5, 5.41) is 0. The Kier molecular flexibility index (Phi) is 2.65. The second-order valence-corrected chi connectivity index (χ2v) is 4.52. The van der Waals surface area contributed by atoms with E-state index in [4.69, 9.17) is 6.42 Å². The van der Waals surface area contributed by atoms with E-state index < -0.39 is 0 Å². The van der Waals surface area contributed by atoms with Crippen LogP contribution in [0.2, 0.25) is 0 Å². The first-order valence-electron chi connectivity index (χ1n) is 4.66. The van der Waals surface area contributed by atoms with Gasteiger partial charge in [0.2, 0.25) is 0 Å². The van der Waals surface area contributed by atoms with Crippen LogP contribution in [0.15, 0.2) is 41.3 Å². The van der Waals surface area contributed by atoms with Crippen LogP contribution in [0.1, 0.15) is 17.9 Å². The number of hydrogen-bond donors (Lipinski definition) is 0. The summed E-state index contributed by atoms with van der Waals surface area (Å²) in [6, 6.07) is 8.39. The molecule has 0 aliphatic carbocycles. The SMILES string of the molecule is C#CC1CC(=C)CSc2ccccc21. The van der Waals surface area contributed by atoms with Crippen LogP contribution < -0.4 is 0 Å². The molecule has 70 valence electrons. The number of fused-ring (bicyclic) bond motifs is 1. The fourth-order valence-electron chi connectivity index (χ4n) is 1.69. The van der Waals surface area contributed by atoms with Gasteiger partial charge >= 0.3 is 0 Å². The van der Waals surface area contributed by atoms with Crippen LogP contribution in [-0.2, 0) is 0 Å². The van der Waals surface area contributed by atoms with Crippen LogP contribution >= 0.6 is 11.8 Å². The van der Waals surface area contributed by atoms with Crippen molar-refractivity contribution in [3.8, 4) is 12.3 Å². The summed E-state index contributed by atoms with van der Waals surface area (Å²) in [4.78, 5) is 1.31. The third kappa shape index (κ3) is 1.71. The quantitative estimate of drug-likeness (QED) is 0.456. The molecular weight excluding hydrogens is 188 g/mol. The fourth-order valence-corrected chi connectivity index (χ4v) is 2.72. The number of hydrogen-bond acceptors (Lipinski definition) is 1. The van der Waals surface area contributed by atoms with Crippen molar-refractivity contribution in [2.24, 2.45) is 0 Å². The zero-order chi connectivity index (χ0) is 9.97. The van der Waals surface area contributed by atoms with E-state index in [1.54, 1.807) is 0 Å². The minimum Gasteiger partial charge on any atom is -0.121 e. The van der Waals surface area contributed by atoms with Crippen LogP contribution in [0.25, 0.3) is 0 Å². The van der Waals surface area contributed by atoms with E-state index in [9.17, 15) is 0 Å². The zero-order valence-corrected chi connectivity index (χ0v) is 8.81. The molecule has 1 heteroatoms. The van der Waals surface area contributed by atoms with Crippen molar-refractivity contribution >= 4 is 11.8 Å². The first kappa shape index (κ1) is 9.43. The van der Waals surface area contributed by atoms with Gasteiger partial charge in [-0.15, -0.1) is 18.2 Å². The maximum absolute atomic E-state index is 5.55. The molecule has 1 heterocycles. The number of thioether (sulfide) groups is 1. The average molecular weight is 200 g/mol. The molecule has 1 unspecified atom stereocenters. The molecule has 0 amide bonds. The minimum atomic E-state index is 0.216. The monoisotopic (exact) mass is 200 g/mol. The molecule has 1 atom stereocenters. The molecule has 0 radical (unpaired) electrons. The smallest absolute Gasteiger partial charge is 0.0497 e. The first-order valence-corrected chi connectivity index (χ1v) is 5.64. The second-order valence-electron chi connectivity index (χ2n) is 3.50. The summed E-state index contributed by atoms with van der Waals surface area (Å²) in [6.45, 7) is 4.04. The third-order valence-corrected chi connectivity index (χ3v) is 3.66. The lowest BCUT2D eigenvalue weighted by molar-refractivity contribution is 0.846. The number of rotatable bonds is 0. The van der Waals surface area contributed by atoms with E-state index in [2.05, 4.69) is 36.8 Å². The lowest BCUT2D eigenvalue weighted by atomic mass is 9.94. The number of terminal acetylenes is 1. The molecule has 0 saturated carbocycles. The Morgan fingerprint density at radius 1 is 1.43 bits per heavy atom. The lowest BCUT2D eigenvalue weighted by Crippen LogP contribution is -1.96. The van der Waals surface area contributed by atoms with Crippen LogP contribution in [0, 0.1) is 12.3 Å². The van der Waals surface area contributed by atoms with E-state index in [0.29, 0.717) is 0 Å². The topological polar surface area (TPSA) is 0 Å². The Morgan fingerprint density at radius 3 is 3.00 bits per heavy atom. The van der Waals surface area contributed by atoms with Crippen molar-refractivity contribution in [2.45, 2.75) is 17.2 Å². The van der Waals surface area contributed by atoms with Crippen LogP contribution in [-0.4, -0.2) is 5.75 Å². The largest absolute Gasteiger partial charge is 0.121 e. The molecule has 1 aliphatic heterocycles. The van der Waals surface area contributed by atoms with Crippen LogP contribution in [0.4, 0.5) is 0 Å². The summed E-state index contributed by atoms with van der Waals surface area (Å²) in [7, 11) is 0. The van der Waals surface area contributed by atoms with E-state index in [-0.39, 0.29) is 5.92 Å². The van der Waals surface area contributed by atoms with Crippen molar-refractivity contribution in [2.75, 3.05) is 5.75 Å². The Morgan fingerprint density at radius 2 is 2.21 bits per heavy atom. The van der Waals surface area contributed by atoms with Gasteiger partial charge in [-0.2, -0.15) is 0 Å². The predicted octanol–water partition coefficient (Wildman–Crippen LogP) is 3.46. The molecule has 0 fully saturated rings. The van der Waals surface area contributed by atoms with E-state index in [1.807, 2.05) is 11.8 Å². The van der Waals surface area contributed by atoms with Crippen LogP contribution in [0.5, 0.6) is 0 Å². The highest BCUT2D eigenvalue weighted by molar-refractivity contribution is 7.99. The standard InChI is InChI=1S/C13H12S/c1-3-11-8-10(2)9-14-13-7-5-4-6-12(11)13/h1,4-7,11H,2,8-9H2. The lowest BCUT2D eigenvalue weighted by Gasteiger charge is -2.10. The maximum Gasteiger partial charge on any atom is 0.0497 e. The van der Waals surface area contributed by atoms with Gasteiger partial charge in [-0.1, -0.05) is 36.3 Å². The van der Waals surface area contributed by atoms with E-state index in [0.717, 1.165) is 12.2 Å². The molecule has 0 saturated heterocycles. The fraction of sp³-hybridized carbons (Fsp3) is 0.231. The molecule has 0 N–H and O–H groups in total. The molecule has 0 nitrogen and oxygen atoms in total. The summed E-state index contributed by atoms with van der Waals surface area (Å²) in [5.41, 5.74) is 2.54. The van der Waals surface area contributed by atoms with Gasteiger partial charge in [0.25, 0.3) is 0 Å². The van der Waals surface area contributed by atoms with Gasteiger partial charge in [0.15, 0.2) is 0 Å². The van der Waals surface area contributed by atoms with Crippen molar-refractivity contribution in [3.05, 3.63) is 42.0 Å². The van der Waals surface area contributed by atoms with Gasteiger partial charge in [-0.05, 0) is 18.1 Å². The molecule has 1 aliphatic rings. The molecular formula is C13H12S. The van der Waals surface area contributed by atoms with Crippen molar-refractivity contribution in [3.63, 3.8) is 0 Å². The highest BCUT2D eigenvalue weighted by Crippen LogP contribution is 2.36. The van der Waals surface area contributed by atoms with Gasteiger partial charge in [0, 0.05) is 16.6 Å². The molecule has 0 bridgehead atoms. The Bertz CT molecular complexity index is 398. The molecule has 1 aromatic carbocycles. The van der Waals surface area contributed by atoms with E-state index >= 15 is 0 Å². The average Bonchev–Trinajstić information content (AvgIpc) is 2.38. The Hall–Kier alpha value is -1.13. The summed E-state index contributed by atoms with van der Waals surface area (Å²) >= 11 is 1.84. The highest BCUT2D eigenvalue weighted by Gasteiger charge is 2.17. The van der Waals surface area contributed by atoms with Gasteiger partial charge in [-0.3, -0.25) is 0 Å². The summed E-state index contributed by atoms with van der Waals surface area (Å²) < 4.78 is 0. The first-order chi connectivity index (χ1) is 6.81. The second kappa shape index (κ2) is 3.94. The van der Waals surface area contributed by atoms with Gasteiger partial charge < -0.3 is 0 Å². The molecule has 0 spiro atoms. The number of benzene rings is 1. The van der Waals surface area contributed by atoms with Gasteiger partial charge in [0.1, 0.15) is 0 Å². The third-order valence-electron chi connectivity index (χ3n) is 2.42. The summed E-state index contributed by atoms with van der Waals surface area (Å²) in [5.74, 6) is 4.07. The molecule has 1 aromatic rings. The minimum absolute atomic E-state index is 0.216. The Labute approximate surface area is 89.4 Å². The van der Waals surface area contributed by atoms with Crippen molar-refractivity contribution < 1.29 is 0 Å². The van der Waals surface area contributed by atoms with Crippen molar-refractivity contribution in [1.82, 2.24) is 0 Å². The van der Waals surface area contributed by atoms with E-state index in [1.165, 1.54) is 16.0 Å². The zero-order valence-electron chi connectivity index (χ0n) is 7.99. The predicted molar refractivity (Wildman–Crippen MR) is 62.5 cm³/mol. The molecule has 14 heavy (non-hydrogen) atoms. The maximum atomic E-state index is 5.55. The van der Waals surface area contributed by atoms with Crippen molar-refractivity contribution in [1.29, 1.82) is 0 Å². The molecule has 2 rings (SSSR count). The molecule has 0 aromatic heterocycles. The van der Waals surface area contributed by atoms with Crippen LogP contribution in [0.3, 0.4) is 0 Å².